The molecule has 10 heteroatoms. The van der Waals surface area contributed by atoms with E-state index in [-0.39, 0.29) is 24.0 Å². The highest BCUT2D eigenvalue weighted by Gasteiger charge is 2.34. The number of hydrogen-bond donors (Lipinski definition) is 1. The van der Waals surface area contributed by atoms with E-state index >= 15 is 0 Å². The third-order valence-corrected chi connectivity index (χ3v) is 6.35. The van der Waals surface area contributed by atoms with E-state index in [0.717, 1.165) is 0 Å². The summed E-state index contributed by atoms with van der Waals surface area (Å²) in [5.74, 6) is -0.176. The van der Waals surface area contributed by atoms with Crippen molar-refractivity contribution in [3.63, 3.8) is 0 Å². The van der Waals surface area contributed by atoms with Gasteiger partial charge < -0.3 is 19.1 Å². The van der Waals surface area contributed by atoms with Gasteiger partial charge in [0.05, 0.1) is 24.2 Å². The molecule has 1 atom stereocenters. The molecule has 1 amide bonds. The number of nitrogens with one attached hydrogen (secondary N) is 1. The van der Waals surface area contributed by atoms with Crippen LogP contribution in [0.2, 0.25) is 0 Å². The first-order valence-electron chi connectivity index (χ1n) is 10.1. The van der Waals surface area contributed by atoms with Crippen LogP contribution in [0.5, 0.6) is 11.5 Å². The van der Waals surface area contributed by atoms with Gasteiger partial charge in [0.1, 0.15) is 11.5 Å². The van der Waals surface area contributed by atoms with Crippen LogP contribution in [0.25, 0.3) is 0 Å². The number of anilines is 1. The topological polar surface area (TPSA) is 111 Å². The lowest BCUT2D eigenvalue weighted by Gasteiger charge is -2.33. The number of amides is 1. The summed E-state index contributed by atoms with van der Waals surface area (Å²) in [6, 6.07) is 11.3. The third kappa shape index (κ3) is 5.20. The number of aryl methyl sites for hydroxylation is 1. The molecular weight excluding hydrogens is 436 g/mol. The van der Waals surface area contributed by atoms with Gasteiger partial charge in [0.15, 0.2) is 6.61 Å². The highest BCUT2D eigenvalue weighted by atomic mass is 32.2. The van der Waals surface area contributed by atoms with E-state index < -0.39 is 22.1 Å². The van der Waals surface area contributed by atoms with Crippen LogP contribution in [0.15, 0.2) is 47.4 Å². The van der Waals surface area contributed by atoms with Crippen molar-refractivity contribution in [2.45, 2.75) is 31.3 Å². The minimum absolute atomic E-state index is 0.00879. The molecule has 9 nitrogen and oxygen atoms in total. The van der Waals surface area contributed by atoms with Gasteiger partial charge >= 0.3 is 5.97 Å². The number of benzene rings is 2. The van der Waals surface area contributed by atoms with Gasteiger partial charge in [-0.2, -0.15) is 0 Å². The second-order valence-electron chi connectivity index (χ2n) is 7.22. The maximum absolute atomic E-state index is 12.9. The van der Waals surface area contributed by atoms with Crippen LogP contribution in [0, 0.1) is 6.92 Å². The summed E-state index contributed by atoms with van der Waals surface area (Å²) in [4.78, 5) is 26.5. The number of nitrogens with zero attached hydrogens (tertiary/aromatic N) is 1. The molecule has 0 aliphatic carbocycles. The molecule has 1 aliphatic heterocycles. The molecule has 0 bridgehead atoms. The number of esters is 1. The van der Waals surface area contributed by atoms with Gasteiger partial charge in [0, 0.05) is 6.54 Å². The lowest BCUT2D eigenvalue weighted by molar-refractivity contribution is -0.148. The Morgan fingerprint density at radius 1 is 1.22 bits per heavy atom. The maximum Gasteiger partial charge on any atom is 0.348 e. The maximum atomic E-state index is 12.9. The predicted octanol–water partition coefficient (Wildman–Crippen LogP) is 2.03. The Balaban J connectivity index is 1.73. The van der Waals surface area contributed by atoms with Crippen LogP contribution in [0.1, 0.15) is 18.9 Å². The molecular formula is C22H26N2O7S. The quantitative estimate of drug-likeness (QED) is 0.598. The summed E-state index contributed by atoms with van der Waals surface area (Å²) in [5.41, 5.74) is 1.11. The van der Waals surface area contributed by atoms with Crippen molar-refractivity contribution in [3.8, 4) is 11.5 Å². The number of fused-ring (bicyclic) bond motifs is 1. The molecule has 1 aliphatic rings. The number of para-hydroxylation sites is 2. The molecule has 3 rings (SSSR count). The summed E-state index contributed by atoms with van der Waals surface area (Å²) in [6.45, 7) is 3.62. The van der Waals surface area contributed by atoms with Crippen LogP contribution < -0.4 is 19.1 Å². The van der Waals surface area contributed by atoms with Gasteiger partial charge in [-0.1, -0.05) is 19.1 Å². The van der Waals surface area contributed by atoms with E-state index in [0.29, 0.717) is 35.7 Å². The number of ether oxygens (including phenoxy) is 3. The molecule has 32 heavy (non-hydrogen) atoms. The monoisotopic (exact) mass is 462 g/mol. The lowest BCUT2D eigenvalue weighted by atomic mass is 10.2. The average Bonchev–Trinajstić information content (AvgIpc) is 2.80. The molecule has 0 fully saturated rings. The van der Waals surface area contributed by atoms with Crippen LogP contribution in [0.4, 0.5) is 5.69 Å². The Morgan fingerprint density at radius 3 is 2.66 bits per heavy atom. The fourth-order valence-corrected chi connectivity index (χ4v) is 4.43. The SMILES string of the molecule is CCCNS(=O)(=O)c1ccc(OCC(=O)N2CC(C(=O)OC)Oc3ccccc32)c(C)c1. The van der Waals surface area contributed by atoms with Gasteiger partial charge in [-0.05, 0) is 49.2 Å². The van der Waals surface area contributed by atoms with Crippen molar-refractivity contribution in [3.05, 3.63) is 48.0 Å². The summed E-state index contributed by atoms with van der Waals surface area (Å²) in [5, 5.41) is 0. The highest BCUT2D eigenvalue weighted by Crippen LogP contribution is 2.33. The minimum Gasteiger partial charge on any atom is -0.483 e. The van der Waals surface area contributed by atoms with Gasteiger partial charge in [-0.25, -0.2) is 17.9 Å². The summed E-state index contributed by atoms with van der Waals surface area (Å²) in [6.07, 6.45) is -0.260. The van der Waals surface area contributed by atoms with Crippen molar-refractivity contribution in [1.29, 1.82) is 0 Å². The fraction of sp³-hybridized carbons (Fsp3) is 0.364. The Hall–Kier alpha value is -3.11. The second kappa shape index (κ2) is 10.0. The Bertz CT molecular complexity index is 1100. The highest BCUT2D eigenvalue weighted by molar-refractivity contribution is 7.89. The van der Waals surface area contributed by atoms with Crippen molar-refractivity contribution in [2.24, 2.45) is 0 Å². The van der Waals surface area contributed by atoms with Gasteiger partial charge in [-0.15, -0.1) is 0 Å². The molecule has 172 valence electrons. The number of carbonyl (C=O) groups is 2. The lowest BCUT2D eigenvalue weighted by Crippen LogP contribution is -2.48. The zero-order valence-corrected chi connectivity index (χ0v) is 19.0. The molecule has 1 heterocycles. The molecule has 2 aromatic rings. The number of sulfonamides is 1. The van der Waals surface area contributed by atoms with Crippen LogP contribution in [0.3, 0.4) is 0 Å². The fourth-order valence-electron chi connectivity index (χ4n) is 3.21. The van der Waals surface area contributed by atoms with Crippen molar-refractivity contribution < 1.29 is 32.2 Å². The standard InChI is InChI=1S/C22H26N2O7S/c1-4-11-23-32(27,28)16-9-10-18(15(2)12-16)30-14-21(25)24-13-20(22(26)29-3)31-19-8-6-5-7-17(19)24/h5-10,12,20,23H,4,11,13-14H2,1-3H3. The number of rotatable bonds is 8. The third-order valence-electron chi connectivity index (χ3n) is 4.89. The van der Waals surface area contributed by atoms with Crippen LogP contribution >= 0.6 is 0 Å². The smallest absolute Gasteiger partial charge is 0.348 e. The molecule has 0 aromatic heterocycles. The summed E-state index contributed by atoms with van der Waals surface area (Å²) >= 11 is 0. The van der Waals surface area contributed by atoms with E-state index in [4.69, 9.17) is 14.2 Å². The normalized spacial score (nSPS) is 15.5. The first-order valence-corrected chi connectivity index (χ1v) is 11.6. The average molecular weight is 463 g/mol. The van der Waals surface area contributed by atoms with Gasteiger partial charge in [0.2, 0.25) is 16.1 Å². The minimum atomic E-state index is -3.60. The predicted molar refractivity (Wildman–Crippen MR) is 117 cm³/mol. The zero-order valence-electron chi connectivity index (χ0n) is 18.2. The molecule has 0 radical (unpaired) electrons. The molecule has 2 aromatic carbocycles. The van der Waals surface area contributed by atoms with Crippen molar-refractivity contribution in [1.82, 2.24) is 4.72 Å². The van der Waals surface area contributed by atoms with E-state index in [1.165, 1.54) is 30.2 Å². The van der Waals surface area contributed by atoms with E-state index in [1.54, 1.807) is 31.2 Å². The first kappa shape index (κ1) is 23.6. The van der Waals surface area contributed by atoms with Crippen molar-refractivity contribution >= 4 is 27.6 Å². The summed E-state index contributed by atoms with van der Waals surface area (Å²) < 4.78 is 43.2. The van der Waals surface area contributed by atoms with Crippen molar-refractivity contribution in [2.75, 3.05) is 31.7 Å². The molecule has 0 saturated heterocycles. The Morgan fingerprint density at radius 2 is 1.97 bits per heavy atom. The molecule has 0 spiro atoms. The Labute approximate surface area is 187 Å². The van der Waals surface area contributed by atoms with E-state index in [2.05, 4.69) is 4.72 Å². The van der Waals surface area contributed by atoms with E-state index in [1.807, 2.05) is 6.92 Å². The number of hydrogen-bond acceptors (Lipinski definition) is 7. The zero-order chi connectivity index (χ0) is 23.3. The number of methoxy groups -OCH3 is 1. The molecule has 0 saturated carbocycles. The first-order chi connectivity index (χ1) is 15.3. The van der Waals surface area contributed by atoms with Crippen LogP contribution in [-0.4, -0.2) is 53.2 Å². The Kier molecular flexibility index (Phi) is 7.37. The second-order valence-corrected chi connectivity index (χ2v) is 8.98. The molecule has 1 N–H and O–H groups in total. The largest absolute Gasteiger partial charge is 0.483 e. The summed E-state index contributed by atoms with van der Waals surface area (Å²) in [7, 11) is -2.34. The number of carbonyl (C=O) groups excluding carboxylic acids is 2. The van der Waals surface area contributed by atoms with Gasteiger partial charge in [-0.3, -0.25) is 4.79 Å². The van der Waals surface area contributed by atoms with E-state index in [9.17, 15) is 18.0 Å². The molecule has 1 unspecified atom stereocenters. The van der Waals surface area contributed by atoms with Gasteiger partial charge in [0.25, 0.3) is 5.91 Å². The van der Waals surface area contributed by atoms with Crippen LogP contribution in [-0.2, 0) is 24.3 Å².